The summed E-state index contributed by atoms with van der Waals surface area (Å²) in [6.45, 7) is 7.36. The van der Waals surface area contributed by atoms with Crippen LogP contribution in [-0.4, -0.2) is 70.8 Å². The van der Waals surface area contributed by atoms with Crippen molar-refractivity contribution in [3.05, 3.63) is 74.7 Å². The minimum absolute atomic E-state index is 0. The highest BCUT2D eigenvalue weighted by atomic mass is 35.5. The summed E-state index contributed by atoms with van der Waals surface area (Å²) in [4.78, 5) is 21.6. The molecule has 0 spiro atoms. The number of amides is 1. The van der Waals surface area contributed by atoms with Gasteiger partial charge in [-0.2, -0.15) is 0 Å². The van der Waals surface area contributed by atoms with E-state index in [4.69, 9.17) is 34.8 Å². The molecular weight excluding hydrogens is 580 g/mol. The SMILES string of the molecule is Cc1nc(C(=O)NCC(O)CN2CCN(c3cccc(Cl)c3Cl)CC2)c(C)n1-c1ccccc1Cl.Cl.Cl. The van der Waals surface area contributed by atoms with Crippen molar-refractivity contribution < 1.29 is 9.90 Å². The van der Waals surface area contributed by atoms with E-state index < -0.39 is 6.10 Å². The molecule has 1 atom stereocenters. The lowest BCUT2D eigenvalue weighted by Crippen LogP contribution is -2.50. The normalized spacial score (nSPS) is 14.5. The van der Waals surface area contributed by atoms with E-state index in [1.54, 1.807) is 12.1 Å². The smallest absolute Gasteiger partial charge is 0.271 e. The first-order valence-corrected chi connectivity index (χ1v) is 12.6. The van der Waals surface area contributed by atoms with Crippen LogP contribution in [0.5, 0.6) is 0 Å². The molecule has 37 heavy (non-hydrogen) atoms. The van der Waals surface area contributed by atoms with E-state index in [1.807, 2.05) is 48.7 Å². The van der Waals surface area contributed by atoms with Gasteiger partial charge in [0.1, 0.15) is 11.5 Å². The maximum Gasteiger partial charge on any atom is 0.271 e. The lowest BCUT2D eigenvalue weighted by atomic mass is 10.2. The number of benzene rings is 2. The number of hydrogen-bond acceptors (Lipinski definition) is 5. The first-order valence-electron chi connectivity index (χ1n) is 11.4. The zero-order valence-electron chi connectivity index (χ0n) is 20.5. The molecule has 1 aliphatic heterocycles. The van der Waals surface area contributed by atoms with Crippen molar-refractivity contribution in [3.8, 4) is 5.69 Å². The van der Waals surface area contributed by atoms with Crippen molar-refractivity contribution in [1.82, 2.24) is 19.8 Å². The molecule has 2 heterocycles. The first-order chi connectivity index (χ1) is 16.8. The number of imidazole rings is 1. The summed E-state index contributed by atoms with van der Waals surface area (Å²) >= 11 is 18.8. The second-order valence-electron chi connectivity index (χ2n) is 8.60. The molecule has 12 heteroatoms. The third kappa shape index (κ3) is 7.24. The predicted molar refractivity (Wildman–Crippen MR) is 156 cm³/mol. The fourth-order valence-corrected chi connectivity index (χ4v) is 5.04. The van der Waals surface area contributed by atoms with Crippen LogP contribution in [0.25, 0.3) is 5.69 Å². The highest BCUT2D eigenvalue weighted by Gasteiger charge is 2.23. The fraction of sp³-hybridized carbons (Fsp3) is 0.360. The second-order valence-corrected chi connectivity index (χ2v) is 9.80. The number of rotatable bonds is 7. The summed E-state index contributed by atoms with van der Waals surface area (Å²) in [5, 5.41) is 15.1. The van der Waals surface area contributed by atoms with E-state index in [-0.39, 0.29) is 37.3 Å². The number of hydrogen-bond donors (Lipinski definition) is 2. The number of para-hydroxylation sites is 1. The Morgan fingerprint density at radius 2 is 1.59 bits per heavy atom. The maximum absolute atomic E-state index is 12.8. The zero-order chi connectivity index (χ0) is 25.1. The summed E-state index contributed by atoms with van der Waals surface area (Å²) < 4.78 is 1.86. The molecule has 0 saturated carbocycles. The fourth-order valence-electron chi connectivity index (χ4n) is 4.41. The number of anilines is 1. The van der Waals surface area contributed by atoms with Crippen molar-refractivity contribution in [2.75, 3.05) is 44.2 Å². The Labute approximate surface area is 244 Å². The van der Waals surface area contributed by atoms with Crippen LogP contribution in [-0.2, 0) is 0 Å². The quantitative estimate of drug-likeness (QED) is 0.385. The summed E-state index contributed by atoms with van der Waals surface area (Å²) in [5.41, 5.74) is 2.71. The number of aromatic nitrogens is 2. The number of aliphatic hydroxyl groups is 1. The Balaban J connectivity index is 0.00000241. The molecule has 202 valence electrons. The van der Waals surface area contributed by atoms with Gasteiger partial charge in [0, 0.05) is 39.3 Å². The third-order valence-corrected chi connectivity index (χ3v) is 7.32. The molecule has 0 bridgehead atoms. The molecule has 1 amide bonds. The van der Waals surface area contributed by atoms with E-state index in [1.165, 1.54) is 0 Å². The molecule has 0 aliphatic carbocycles. The van der Waals surface area contributed by atoms with Crippen LogP contribution in [0, 0.1) is 13.8 Å². The topological polar surface area (TPSA) is 73.6 Å². The molecule has 2 aromatic carbocycles. The van der Waals surface area contributed by atoms with Gasteiger partial charge in [0.2, 0.25) is 0 Å². The summed E-state index contributed by atoms with van der Waals surface area (Å²) in [5.74, 6) is 0.342. The number of carbonyl (C=O) groups is 1. The lowest BCUT2D eigenvalue weighted by Gasteiger charge is -2.37. The highest BCUT2D eigenvalue weighted by molar-refractivity contribution is 6.43. The van der Waals surface area contributed by atoms with E-state index in [0.717, 1.165) is 37.6 Å². The molecule has 0 radical (unpaired) electrons. The minimum atomic E-state index is -0.702. The number of β-amino-alcohol motifs (C(OH)–C–C–N with tert-alkyl or cyclic N) is 1. The summed E-state index contributed by atoms with van der Waals surface area (Å²) in [6, 6.07) is 13.1. The second kappa shape index (κ2) is 13.9. The van der Waals surface area contributed by atoms with Crippen molar-refractivity contribution in [1.29, 1.82) is 0 Å². The molecule has 1 aliphatic rings. The molecule has 2 N–H and O–H groups in total. The predicted octanol–water partition coefficient (Wildman–Crippen LogP) is 5.21. The van der Waals surface area contributed by atoms with Gasteiger partial charge in [0.05, 0.1) is 38.2 Å². The average molecular weight is 610 g/mol. The Bertz CT molecular complexity index is 1210. The van der Waals surface area contributed by atoms with Crippen molar-refractivity contribution in [2.45, 2.75) is 20.0 Å². The maximum atomic E-state index is 12.8. The molecule has 1 aromatic heterocycles. The molecule has 3 aromatic rings. The monoisotopic (exact) mass is 607 g/mol. The zero-order valence-corrected chi connectivity index (χ0v) is 24.4. The van der Waals surface area contributed by atoms with Crippen LogP contribution < -0.4 is 10.2 Å². The van der Waals surface area contributed by atoms with E-state index in [9.17, 15) is 9.90 Å². The Morgan fingerprint density at radius 3 is 2.27 bits per heavy atom. The molecular formula is C25H30Cl5N5O2. The van der Waals surface area contributed by atoms with Crippen LogP contribution >= 0.6 is 59.6 Å². The molecule has 1 unspecified atom stereocenters. The van der Waals surface area contributed by atoms with Crippen molar-refractivity contribution >= 4 is 71.2 Å². The number of piperazine rings is 1. The summed E-state index contributed by atoms with van der Waals surface area (Å²) in [7, 11) is 0. The van der Waals surface area contributed by atoms with Crippen LogP contribution in [0.2, 0.25) is 15.1 Å². The molecule has 7 nitrogen and oxygen atoms in total. The van der Waals surface area contributed by atoms with Gasteiger partial charge >= 0.3 is 0 Å². The number of aliphatic hydroxyl groups excluding tert-OH is 1. The molecule has 1 saturated heterocycles. The van der Waals surface area contributed by atoms with Gasteiger partial charge in [0.25, 0.3) is 5.91 Å². The van der Waals surface area contributed by atoms with Gasteiger partial charge in [-0.3, -0.25) is 14.3 Å². The van der Waals surface area contributed by atoms with Gasteiger partial charge < -0.3 is 15.3 Å². The third-order valence-electron chi connectivity index (χ3n) is 6.20. The van der Waals surface area contributed by atoms with Crippen LogP contribution in [0.4, 0.5) is 5.69 Å². The van der Waals surface area contributed by atoms with Crippen molar-refractivity contribution in [3.63, 3.8) is 0 Å². The highest BCUT2D eigenvalue weighted by Crippen LogP contribution is 2.33. The van der Waals surface area contributed by atoms with Crippen LogP contribution in [0.3, 0.4) is 0 Å². The largest absolute Gasteiger partial charge is 0.390 e. The van der Waals surface area contributed by atoms with Gasteiger partial charge in [-0.15, -0.1) is 24.8 Å². The standard InChI is InChI=1S/C25H28Cl3N5O2.2ClH/c1-16-24(30-17(2)33(16)21-8-4-3-6-19(21)26)25(35)29-14-18(34)15-31-10-12-32(13-11-31)22-9-5-7-20(27)23(22)28;;/h3-9,18,34H,10-15H2,1-2H3,(H,29,35);2*1H. The number of carbonyl (C=O) groups excluding carboxylic acids is 1. The lowest BCUT2D eigenvalue weighted by molar-refractivity contribution is 0.0847. The molecule has 1 fully saturated rings. The van der Waals surface area contributed by atoms with E-state index in [0.29, 0.717) is 38.8 Å². The first kappa shape index (κ1) is 31.5. The van der Waals surface area contributed by atoms with Crippen LogP contribution in [0.15, 0.2) is 42.5 Å². The number of aryl methyl sites for hydroxylation is 1. The minimum Gasteiger partial charge on any atom is -0.390 e. The van der Waals surface area contributed by atoms with Gasteiger partial charge in [-0.1, -0.05) is 53.0 Å². The Kier molecular flexibility index (Phi) is 11.8. The van der Waals surface area contributed by atoms with Gasteiger partial charge in [0.15, 0.2) is 0 Å². The van der Waals surface area contributed by atoms with Crippen molar-refractivity contribution in [2.24, 2.45) is 0 Å². The number of nitrogens with one attached hydrogen (secondary N) is 1. The van der Waals surface area contributed by atoms with Crippen LogP contribution in [0.1, 0.15) is 22.0 Å². The number of halogens is 5. The molecule has 4 rings (SSSR count). The van der Waals surface area contributed by atoms with Gasteiger partial charge in [-0.05, 0) is 38.1 Å². The van der Waals surface area contributed by atoms with Gasteiger partial charge in [-0.25, -0.2) is 4.98 Å². The summed E-state index contributed by atoms with van der Waals surface area (Å²) in [6.07, 6.45) is -0.702. The average Bonchev–Trinajstić information content (AvgIpc) is 3.14. The van der Waals surface area contributed by atoms with E-state index in [2.05, 4.69) is 20.1 Å². The number of nitrogens with zero attached hydrogens (tertiary/aromatic N) is 4. The Hall–Kier alpha value is -1.71. The van der Waals surface area contributed by atoms with E-state index >= 15 is 0 Å². The Morgan fingerprint density at radius 1 is 0.973 bits per heavy atom.